The molecule has 1 heterocycles. The van der Waals surface area contributed by atoms with Gasteiger partial charge in [0.1, 0.15) is 5.75 Å². The van der Waals surface area contributed by atoms with E-state index in [4.69, 9.17) is 9.84 Å². The van der Waals surface area contributed by atoms with E-state index in [1.54, 1.807) is 41.0 Å². The van der Waals surface area contributed by atoms with Crippen LogP contribution in [-0.2, 0) is 6.61 Å². The number of carboxylic acids is 1. The molecule has 2 aromatic carbocycles. The van der Waals surface area contributed by atoms with Crippen LogP contribution in [0, 0.1) is 6.92 Å². The van der Waals surface area contributed by atoms with Gasteiger partial charge in [-0.05, 0) is 48.4 Å². The van der Waals surface area contributed by atoms with Crippen molar-refractivity contribution in [2.45, 2.75) is 13.5 Å². The Balaban J connectivity index is 1.63. The van der Waals surface area contributed by atoms with Crippen LogP contribution in [0.3, 0.4) is 0 Å². The minimum atomic E-state index is -1.07. The SMILES string of the molecule is COc1ccc(C(=O)N2CCN(C(=O)Nc3cc(C(=O)O)ccc3C)CC2)c(CO)c1. The zero-order chi connectivity index (χ0) is 22.5. The van der Waals surface area contributed by atoms with Crippen LogP contribution in [0.1, 0.15) is 31.8 Å². The van der Waals surface area contributed by atoms with Gasteiger partial charge in [-0.1, -0.05) is 6.07 Å². The van der Waals surface area contributed by atoms with Crippen LogP contribution in [0.5, 0.6) is 5.75 Å². The van der Waals surface area contributed by atoms with Crippen molar-refractivity contribution in [1.82, 2.24) is 9.80 Å². The number of aliphatic hydroxyl groups is 1. The van der Waals surface area contributed by atoms with E-state index in [0.29, 0.717) is 48.7 Å². The lowest BCUT2D eigenvalue weighted by atomic mass is 10.1. The third kappa shape index (κ3) is 4.95. The van der Waals surface area contributed by atoms with Gasteiger partial charge in [0.25, 0.3) is 5.91 Å². The topological polar surface area (TPSA) is 119 Å². The number of hydrogen-bond acceptors (Lipinski definition) is 5. The Labute approximate surface area is 179 Å². The molecule has 2 aromatic rings. The quantitative estimate of drug-likeness (QED) is 0.673. The number of methoxy groups -OCH3 is 1. The summed E-state index contributed by atoms with van der Waals surface area (Å²) in [5.74, 6) is -0.718. The van der Waals surface area contributed by atoms with Gasteiger partial charge < -0.3 is 30.1 Å². The monoisotopic (exact) mass is 427 g/mol. The number of carboxylic acid groups (broad SMARTS) is 1. The zero-order valence-electron chi connectivity index (χ0n) is 17.4. The number of urea groups is 1. The number of carbonyl (C=O) groups excluding carboxylic acids is 2. The van der Waals surface area contributed by atoms with Gasteiger partial charge in [-0.15, -0.1) is 0 Å². The number of benzene rings is 2. The van der Waals surface area contributed by atoms with Crippen molar-refractivity contribution < 1.29 is 29.3 Å². The van der Waals surface area contributed by atoms with Crippen molar-refractivity contribution >= 4 is 23.6 Å². The number of anilines is 1. The van der Waals surface area contributed by atoms with Crippen LogP contribution in [0.2, 0.25) is 0 Å². The maximum atomic E-state index is 12.9. The molecule has 1 saturated heterocycles. The van der Waals surface area contributed by atoms with Crippen LogP contribution in [0.4, 0.5) is 10.5 Å². The Morgan fingerprint density at radius 1 is 1.03 bits per heavy atom. The van der Waals surface area contributed by atoms with Gasteiger partial charge in [-0.25, -0.2) is 9.59 Å². The van der Waals surface area contributed by atoms with E-state index in [0.717, 1.165) is 5.56 Å². The molecule has 0 atom stereocenters. The third-order valence-corrected chi connectivity index (χ3v) is 5.29. The second-order valence-electron chi connectivity index (χ2n) is 7.23. The standard InChI is InChI=1S/C22H25N3O6/c1-14-3-4-15(21(28)29)12-19(14)23-22(30)25-9-7-24(8-10-25)20(27)18-6-5-17(31-2)11-16(18)13-26/h3-6,11-12,26H,7-10,13H2,1-2H3,(H,23,30)(H,28,29). The van der Waals surface area contributed by atoms with Gasteiger partial charge in [0.15, 0.2) is 0 Å². The first kappa shape index (κ1) is 22.1. The van der Waals surface area contributed by atoms with Crippen molar-refractivity contribution in [3.05, 3.63) is 58.7 Å². The fourth-order valence-electron chi connectivity index (χ4n) is 3.40. The Morgan fingerprint density at radius 3 is 2.32 bits per heavy atom. The normalized spacial score (nSPS) is 13.6. The van der Waals surface area contributed by atoms with Crippen molar-refractivity contribution in [2.24, 2.45) is 0 Å². The van der Waals surface area contributed by atoms with Gasteiger partial charge in [-0.3, -0.25) is 4.79 Å². The minimum absolute atomic E-state index is 0.0931. The van der Waals surface area contributed by atoms with E-state index in [-0.39, 0.29) is 24.1 Å². The molecular weight excluding hydrogens is 402 g/mol. The first-order valence-electron chi connectivity index (χ1n) is 9.81. The van der Waals surface area contributed by atoms with Crippen LogP contribution >= 0.6 is 0 Å². The largest absolute Gasteiger partial charge is 0.497 e. The summed E-state index contributed by atoms with van der Waals surface area (Å²) in [5.41, 5.74) is 2.17. The summed E-state index contributed by atoms with van der Waals surface area (Å²) < 4.78 is 5.14. The van der Waals surface area contributed by atoms with E-state index in [9.17, 15) is 19.5 Å². The minimum Gasteiger partial charge on any atom is -0.497 e. The second kappa shape index (κ2) is 9.48. The molecule has 0 spiro atoms. The van der Waals surface area contributed by atoms with Gasteiger partial charge in [0.2, 0.25) is 0 Å². The first-order chi connectivity index (χ1) is 14.8. The number of nitrogens with one attached hydrogen (secondary N) is 1. The maximum absolute atomic E-state index is 12.9. The first-order valence-corrected chi connectivity index (χ1v) is 9.81. The molecule has 1 aliphatic heterocycles. The lowest BCUT2D eigenvalue weighted by Crippen LogP contribution is -2.51. The summed E-state index contributed by atoms with van der Waals surface area (Å²) >= 11 is 0. The predicted octanol–water partition coefficient (Wildman–Crippen LogP) is 2.18. The molecule has 164 valence electrons. The molecule has 9 nitrogen and oxygen atoms in total. The number of carbonyl (C=O) groups is 3. The van der Waals surface area contributed by atoms with E-state index >= 15 is 0 Å². The molecule has 0 aromatic heterocycles. The van der Waals surface area contributed by atoms with Gasteiger partial charge in [0, 0.05) is 37.4 Å². The summed E-state index contributed by atoms with van der Waals surface area (Å²) in [7, 11) is 1.52. The summed E-state index contributed by atoms with van der Waals surface area (Å²) in [6.07, 6.45) is 0. The Kier molecular flexibility index (Phi) is 6.76. The molecule has 9 heteroatoms. The summed E-state index contributed by atoms with van der Waals surface area (Å²) in [5, 5.41) is 21.5. The van der Waals surface area contributed by atoms with Crippen LogP contribution in [0.25, 0.3) is 0 Å². The lowest BCUT2D eigenvalue weighted by molar-refractivity contribution is 0.0667. The third-order valence-electron chi connectivity index (χ3n) is 5.29. The van der Waals surface area contributed by atoms with Crippen molar-refractivity contribution in [3.63, 3.8) is 0 Å². The van der Waals surface area contributed by atoms with Crippen LogP contribution in [0.15, 0.2) is 36.4 Å². The molecule has 3 rings (SSSR count). The summed E-state index contributed by atoms with van der Waals surface area (Å²) in [6.45, 7) is 2.86. The number of aromatic carboxylic acids is 1. The van der Waals surface area contributed by atoms with Crippen molar-refractivity contribution in [2.75, 3.05) is 38.6 Å². The average molecular weight is 427 g/mol. The second-order valence-corrected chi connectivity index (χ2v) is 7.23. The number of rotatable bonds is 5. The van der Waals surface area contributed by atoms with E-state index in [2.05, 4.69) is 5.32 Å². The number of piperazine rings is 1. The predicted molar refractivity (Wildman–Crippen MR) is 114 cm³/mol. The Bertz CT molecular complexity index is 999. The molecule has 3 amide bonds. The van der Waals surface area contributed by atoms with Gasteiger partial charge in [-0.2, -0.15) is 0 Å². The fourth-order valence-corrected chi connectivity index (χ4v) is 3.40. The van der Waals surface area contributed by atoms with Crippen LogP contribution in [-0.4, -0.2) is 71.2 Å². The highest BCUT2D eigenvalue weighted by atomic mass is 16.5. The Morgan fingerprint density at radius 2 is 1.71 bits per heavy atom. The smallest absolute Gasteiger partial charge is 0.335 e. The lowest BCUT2D eigenvalue weighted by Gasteiger charge is -2.35. The Hall–Kier alpha value is -3.59. The van der Waals surface area contributed by atoms with Crippen molar-refractivity contribution in [3.8, 4) is 5.75 Å². The number of nitrogens with zero attached hydrogens (tertiary/aromatic N) is 2. The van der Waals surface area contributed by atoms with E-state index < -0.39 is 5.97 Å². The van der Waals surface area contributed by atoms with Gasteiger partial charge in [0.05, 0.1) is 19.3 Å². The number of amides is 3. The number of hydrogen-bond donors (Lipinski definition) is 3. The highest BCUT2D eigenvalue weighted by molar-refractivity contribution is 5.96. The molecule has 1 fully saturated rings. The summed E-state index contributed by atoms with van der Waals surface area (Å²) in [4.78, 5) is 39.9. The van der Waals surface area contributed by atoms with E-state index in [1.807, 2.05) is 0 Å². The van der Waals surface area contributed by atoms with Crippen LogP contribution < -0.4 is 10.1 Å². The highest BCUT2D eigenvalue weighted by Gasteiger charge is 2.26. The van der Waals surface area contributed by atoms with E-state index in [1.165, 1.54) is 19.2 Å². The summed E-state index contributed by atoms with van der Waals surface area (Å²) in [6, 6.07) is 9.13. The average Bonchev–Trinajstić information content (AvgIpc) is 2.79. The maximum Gasteiger partial charge on any atom is 0.335 e. The highest BCUT2D eigenvalue weighted by Crippen LogP contribution is 2.21. The van der Waals surface area contributed by atoms with Gasteiger partial charge >= 0.3 is 12.0 Å². The molecule has 0 aliphatic carbocycles. The fraction of sp³-hybridized carbons (Fsp3) is 0.318. The van der Waals surface area contributed by atoms with Crippen molar-refractivity contribution in [1.29, 1.82) is 0 Å². The zero-order valence-corrected chi connectivity index (χ0v) is 17.4. The molecular formula is C22H25N3O6. The molecule has 0 saturated carbocycles. The number of ether oxygens (including phenoxy) is 1. The molecule has 0 bridgehead atoms. The molecule has 3 N–H and O–H groups in total. The molecule has 1 aliphatic rings. The number of aryl methyl sites for hydroxylation is 1. The molecule has 0 unspecified atom stereocenters. The number of aliphatic hydroxyl groups excluding tert-OH is 1. The molecule has 31 heavy (non-hydrogen) atoms. The molecule has 0 radical (unpaired) electrons.